The second-order valence-corrected chi connectivity index (χ2v) is 37.1. The Labute approximate surface area is 704 Å². The summed E-state index contributed by atoms with van der Waals surface area (Å²) in [6.45, 7) is 30.3. The summed E-state index contributed by atoms with van der Waals surface area (Å²) < 4.78 is 48.0. The summed E-state index contributed by atoms with van der Waals surface area (Å²) in [7, 11) is 17.8. The number of phenols is 3. The van der Waals surface area contributed by atoms with Crippen molar-refractivity contribution < 1.29 is 89.8 Å². The number of aromatic hydroxyl groups is 3. The van der Waals surface area contributed by atoms with Crippen molar-refractivity contribution in [1.82, 2.24) is 0 Å². The molecule has 3 aliphatic heterocycles. The van der Waals surface area contributed by atoms with Gasteiger partial charge in [-0.1, -0.05) is 138 Å². The van der Waals surface area contributed by atoms with Gasteiger partial charge in [0.1, 0.15) is 85.5 Å². The van der Waals surface area contributed by atoms with Gasteiger partial charge in [-0.3, -0.25) is 0 Å². The van der Waals surface area contributed by atoms with E-state index in [0.717, 1.165) is 186 Å². The molecule has 0 saturated heterocycles. The molecule has 19 heteroatoms. The molecule has 113 heavy (non-hydrogen) atoms. The fraction of sp³-hybridized carbons (Fsp3) is 0.489. The third-order valence-electron chi connectivity index (χ3n) is 23.5. The van der Waals surface area contributed by atoms with Gasteiger partial charge < -0.3 is 73.3 Å². The molecular weight excluding hydrogens is 1550 g/mol. The van der Waals surface area contributed by atoms with Crippen LogP contribution in [0.1, 0.15) is 250 Å². The van der Waals surface area contributed by atoms with Crippen LogP contribution in [-0.4, -0.2) is 60.6 Å². The summed E-state index contributed by atoms with van der Waals surface area (Å²) in [6.07, 6.45) is 25.7. The van der Waals surface area contributed by atoms with Gasteiger partial charge in [-0.2, -0.15) is 0 Å². The van der Waals surface area contributed by atoms with E-state index in [1.54, 1.807) is 28.4 Å². The molecule has 610 valence electrons. The zero-order valence-corrected chi connectivity index (χ0v) is 76.4. The van der Waals surface area contributed by atoms with E-state index in [1.807, 2.05) is 56.3 Å². The summed E-state index contributed by atoms with van der Waals surface area (Å²) in [5, 5.41) is 53.9. The van der Waals surface area contributed by atoms with Gasteiger partial charge in [-0.05, 0) is 264 Å². The zero-order valence-electron chi connectivity index (χ0n) is 71.4. The first kappa shape index (κ1) is 91.3. The third kappa shape index (κ3) is 21.7. The van der Waals surface area contributed by atoms with E-state index in [1.165, 1.54) is 48.9 Å². The molecule has 13 rings (SSSR count). The molecule has 6 unspecified atom stereocenters. The van der Waals surface area contributed by atoms with Crippen LogP contribution >= 0.6 is 19.4 Å². The Hall–Kier alpha value is -7.26. The van der Waals surface area contributed by atoms with Gasteiger partial charge in [0.05, 0.1) is 28.4 Å². The Morgan fingerprint density at radius 1 is 0.442 bits per heavy atom. The van der Waals surface area contributed by atoms with Crippen LogP contribution in [0, 0.1) is 31.6 Å². The molecule has 0 radical (unpaired) electrons. The van der Waals surface area contributed by atoms with Crippen LogP contribution in [0.3, 0.4) is 0 Å². The molecule has 6 aliphatic rings. The summed E-state index contributed by atoms with van der Waals surface area (Å²) >= 11 is -0.931. The second kappa shape index (κ2) is 41.5. The fourth-order valence-electron chi connectivity index (χ4n) is 17.3. The summed E-state index contributed by atoms with van der Waals surface area (Å²) in [5.41, 5.74) is 17.2. The van der Waals surface area contributed by atoms with E-state index in [2.05, 4.69) is 156 Å². The summed E-state index contributed by atoms with van der Waals surface area (Å²) in [5.74, 6) is 7.28. The number of nitrogens with zero attached hydrogens (tertiary/aromatic N) is 4. The van der Waals surface area contributed by atoms with Gasteiger partial charge in [0.15, 0.2) is 11.5 Å². The Bertz CT molecular complexity index is 4350. The number of benzene rings is 7. The van der Waals surface area contributed by atoms with Crippen molar-refractivity contribution in [2.75, 3.05) is 28.4 Å². The SMILES string of the molecule is CCCCCc1cc(O)c2c(c1)OC(C)(C)C1CCC(C)=CC21.CCCCCc1cc2c(c(O)c1N=Nc1ccc(-c3ccc(N=Nc4c(CCCCC)cc5c(c4O)C4C=C(C)CCC4C(C)(C)O5)c(OC)c3)cc1OC)C1C=C(C)CCC1C(C)(C)O2.COc1cc(-c2ccc(C)c(OC)c2)ccc1C.[3H]C.[Cl-].[Cl-].[Cl][Zn][Cl]. The molecule has 0 saturated carbocycles. The number of methoxy groups -OCH3 is 4. The minimum atomic E-state index is -0.931. The van der Waals surface area contributed by atoms with Crippen molar-refractivity contribution in [1.29, 1.82) is 0 Å². The molecule has 0 amide bonds. The predicted molar refractivity (Wildman–Crippen MR) is 452 cm³/mol. The minimum absolute atomic E-state index is 0. The molecule has 0 fully saturated rings. The van der Waals surface area contributed by atoms with Gasteiger partial charge in [0.25, 0.3) is 0 Å². The Morgan fingerprint density at radius 3 is 1.11 bits per heavy atom. The molecule has 3 heterocycles. The number of azo groups is 2. The maximum atomic E-state index is 12.1. The first-order chi connectivity index (χ1) is 53.7. The molecule has 0 aromatic heterocycles. The second-order valence-electron chi connectivity index (χ2n) is 32.5. The number of allylic oxidation sites excluding steroid dienone is 6. The van der Waals surface area contributed by atoms with E-state index in [0.29, 0.717) is 45.9 Å². The number of ether oxygens (including phenoxy) is 7. The van der Waals surface area contributed by atoms with Crippen LogP contribution in [-0.2, 0) is 34.4 Å². The van der Waals surface area contributed by atoms with Crippen molar-refractivity contribution in [3.05, 3.63) is 177 Å². The number of phenolic OH excluding ortho intramolecular Hbond substituents is 3. The molecule has 7 aromatic carbocycles. The maximum absolute atomic E-state index is 12.1. The Balaban J connectivity index is 0.000000303. The van der Waals surface area contributed by atoms with Gasteiger partial charge in [-0.25, -0.2) is 0 Å². The van der Waals surface area contributed by atoms with Crippen LogP contribution in [0.4, 0.5) is 22.7 Å². The van der Waals surface area contributed by atoms with E-state index in [-0.39, 0.29) is 82.7 Å². The third-order valence-corrected chi connectivity index (χ3v) is 23.5. The normalized spacial score (nSPS) is 19.4. The van der Waals surface area contributed by atoms with Gasteiger partial charge >= 0.3 is 34.5 Å². The van der Waals surface area contributed by atoms with Crippen LogP contribution in [0.2, 0.25) is 0 Å². The van der Waals surface area contributed by atoms with Crippen molar-refractivity contribution in [3.63, 3.8) is 0 Å². The number of fused-ring (bicyclic) bond motifs is 9. The van der Waals surface area contributed by atoms with Gasteiger partial charge in [-0.15, -0.1) is 20.5 Å². The average molecular weight is 1680 g/mol. The van der Waals surface area contributed by atoms with E-state index in [9.17, 15) is 15.3 Å². The Kier molecular flexibility index (Phi) is 33.5. The fourth-order valence-corrected chi connectivity index (χ4v) is 17.3. The van der Waals surface area contributed by atoms with Crippen molar-refractivity contribution >= 4 is 42.1 Å². The van der Waals surface area contributed by atoms with Crippen LogP contribution in [0.5, 0.6) is 57.5 Å². The van der Waals surface area contributed by atoms with Crippen LogP contribution in [0.15, 0.2) is 152 Å². The quantitative estimate of drug-likeness (QED) is 0.0256. The van der Waals surface area contributed by atoms with Gasteiger partial charge in [0, 0.05) is 53.6 Å². The van der Waals surface area contributed by atoms with E-state index in [4.69, 9.17) is 74.4 Å². The van der Waals surface area contributed by atoms with Crippen molar-refractivity contribution in [3.8, 4) is 79.7 Å². The van der Waals surface area contributed by atoms with Crippen molar-refractivity contribution in [2.45, 2.75) is 254 Å². The number of aryl methyl sites for hydroxylation is 5. The molecule has 3 N–H and O–H groups in total. The van der Waals surface area contributed by atoms with E-state index < -0.39 is 15.1 Å². The monoisotopic (exact) mass is 1670 g/mol. The van der Waals surface area contributed by atoms with E-state index >= 15 is 0 Å². The van der Waals surface area contributed by atoms with Crippen molar-refractivity contribution in [2.24, 2.45) is 38.2 Å². The topological polar surface area (TPSA) is 175 Å². The van der Waals surface area contributed by atoms with Crippen LogP contribution in [0.25, 0.3) is 22.3 Å². The standard InChI is InChI=1S/C56H70N4O6.C21H30O2.C16H18O2.CH4.4ClH.Zn/c1-11-13-15-17-37-31-47-49(39-27-33(3)19-23-41(39)55(5,6)65-47)53(61)51(37)59-57-43-25-21-35(29-45(43)63-9)36-22-26-44(46(30-36)64-10)58-60-52-38(18-16-14-12-2)32-48-50(54(52)62)40-28-34(4)20-24-42(40)56(7,8)66-48;1-5-6-7-8-15-12-18(22)20-16-11-14(2)9-10-17(16)21(3,4)23-19(20)13-15;1-11-5-7-13(9-15(11)17-3)14-8-6-12(2)16(10-14)18-4;;;;;;/h21-22,25-32,39-42,61-62H,11-20,23-24H2,1-10H3;11-13,16-17,22H,5-10H2,1-4H3;5-10H,1-4H3;1H4;4*1H;/q;;;;;;;;+2/p-4/i;;;1T;;;;;. The number of hydrogen-bond acceptors (Lipinski definition) is 14. The first-order valence-electron chi connectivity index (χ1n) is 41.0. The zero-order chi connectivity index (χ0) is 81.4. The molecule has 0 spiro atoms. The summed E-state index contributed by atoms with van der Waals surface area (Å²) in [6, 6.07) is 32.3. The number of unbranched alkanes of at least 4 members (excludes halogenated alkanes) is 6. The predicted octanol–water partition coefficient (Wildman–Crippen LogP) is 22.0. The molecule has 6 atom stereocenters. The molecule has 7 aromatic rings. The summed E-state index contributed by atoms with van der Waals surface area (Å²) in [4.78, 5) is 0. The molecular formula is C94H122Cl4N4O10Zn-2. The first-order valence-corrected chi connectivity index (χ1v) is 47.8. The number of hydrogen-bond donors (Lipinski definition) is 3. The number of rotatable bonds is 22. The number of halogens is 4. The average Bonchev–Trinajstić information content (AvgIpc) is 0.742. The van der Waals surface area contributed by atoms with Crippen LogP contribution < -0.4 is 58.0 Å². The molecule has 0 bridgehead atoms. The molecule has 14 nitrogen and oxygen atoms in total. The van der Waals surface area contributed by atoms with Gasteiger partial charge in [0.2, 0.25) is 0 Å². The molecule has 3 aliphatic carbocycles. The Morgan fingerprint density at radius 2 is 0.761 bits per heavy atom.